The summed E-state index contributed by atoms with van der Waals surface area (Å²) in [5.74, 6) is -11.4. The van der Waals surface area contributed by atoms with E-state index in [0.717, 1.165) is 103 Å². The molecule has 0 unspecified atom stereocenters. The molecule has 0 atom stereocenters. The van der Waals surface area contributed by atoms with Crippen LogP contribution >= 0.6 is 0 Å². The van der Waals surface area contributed by atoms with E-state index in [1.165, 1.54) is 0 Å². The molecule has 576 valence electrons. The minimum Gasteiger partial charge on any atom is -0.481 e. The number of carboxylic acid groups (broad SMARTS) is 16. The average Bonchev–Trinajstić information content (AvgIpc) is 3.41. The molecular formula is C64H128O32. The molecule has 0 saturated carbocycles. The molecule has 32 nitrogen and oxygen atoms in total. The SMILES string of the molecule is CCCC(=O)O.CCCC(=O)O.CCCC(=O)O.CCCC(=O)O.CCCC(=O)O.CCCC(=O)O.CCCC(=O)O.CCCC(=O)O.CCCC(=O)O.CCCC(=O)O.CCCC(=O)O.CCCC(=O)O.CCCC(=O)O.CCCC(=O)O.CCCC(=O)O.CCCC(=O)O. The van der Waals surface area contributed by atoms with Gasteiger partial charge in [0.1, 0.15) is 0 Å². The highest BCUT2D eigenvalue weighted by Crippen LogP contribution is 1.89. The second-order valence-electron chi connectivity index (χ2n) is 18.3. The van der Waals surface area contributed by atoms with E-state index < -0.39 is 95.5 Å². The van der Waals surface area contributed by atoms with Gasteiger partial charge < -0.3 is 81.7 Å². The van der Waals surface area contributed by atoms with E-state index in [0.29, 0.717) is 103 Å². The largest absolute Gasteiger partial charge is 0.481 e. The first-order chi connectivity index (χ1) is 44.3. The molecule has 0 amide bonds. The zero-order valence-corrected chi connectivity index (χ0v) is 60.3. The minimum atomic E-state index is -0.711. The van der Waals surface area contributed by atoms with Crippen molar-refractivity contribution in [3.63, 3.8) is 0 Å². The summed E-state index contributed by atoms with van der Waals surface area (Å²) < 4.78 is 0. The van der Waals surface area contributed by atoms with E-state index in [-0.39, 0.29) is 0 Å². The van der Waals surface area contributed by atoms with E-state index in [9.17, 15) is 76.7 Å². The number of hydrogen-bond acceptors (Lipinski definition) is 16. The lowest BCUT2D eigenvalue weighted by Gasteiger charge is -1.79. The number of hydrogen-bond donors (Lipinski definition) is 16. The first kappa shape index (κ1) is 128. The second-order valence-corrected chi connectivity index (χ2v) is 18.3. The third-order valence-electron chi connectivity index (χ3n) is 7.42. The normalized spacial score (nSPS) is 8.17. The van der Waals surface area contributed by atoms with Crippen molar-refractivity contribution in [1.82, 2.24) is 0 Å². The maximum atomic E-state index is 9.60. The van der Waals surface area contributed by atoms with E-state index in [1.54, 1.807) is 0 Å². The summed E-state index contributed by atoms with van der Waals surface area (Å²) in [5.41, 5.74) is 0. The smallest absolute Gasteiger partial charge is 0.303 e. The van der Waals surface area contributed by atoms with Gasteiger partial charge in [-0.05, 0) is 103 Å². The summed E-state index contributed by atoms with van der Waals surface area (Å²) in [6.45, 7) is 29.5. The van der Waals surface area contributed by atoms with Gasteiger partial charge in [0, 0.05) is 103 Å². The van der Waals surface area contributed by atoms with Crippen molar-refractivity contribution in [2.75, 3.05) is 0 Å². The standard InChI is InChI=1S/16C4H8O2/c16*1-2-3-4(5)6/h16*2-3H2,1H3,(H,5,6). The van der Waals surface area contributed by atoms with E-state index in [1.807, 2.05) is 111 Å². The Morgan fingerprint density at radius 3 is 0.146 bits per heavy atom. The Morgan fingerprint density at radius 1 is 0.115 bits per heavy atom. The fourth-order valence-corrected chi connectivity index (χ4v) is 3.42. The van der Waals surface area contributed by atoms with Crippen LogP contribution in [0.2, 0.25) is 0 Å². The Balaban J connectivity index is -0.0000000508. The summed E-state index contributed by atoms with van der Waals surface area (Å²) in [6.07, 6.45) is 16.4. The van der Waals surface area contributed by atoms with Gasteiger partial charge in [0.2, 0.25) is 0 Å². The first-order valence-corrected chi connectivity index (χ1v) is 31.8. The maximum Gasteiger partial charge on any atom is 0.303 e. The van der Waals surface area contributed by atoms with Gasteiger partial charge in [0.15, 0.2) is 0 Å². The summed E-state index contributed by atoms with van der Waals surface area (Å²) in [5, 5.41) is 127. The molecule has 0 fully saturated rings. The highest BCUT2D eigenvalue weighted by molar-refractivity contribution is 5.70. The van der Waals surface area contributed by atoms with Crippen molar-refractivity contribution in [2.24, 2.45) is 0 Å². The number of carbonyl (C=O) groups is 16. The van der Waals surface area contributed by atoms with Crippen molar-refractivity contribution in [3.05, 3.63) is 0 Å². The predicted octanol–water partition coefficient (Wildman–Crippen LogP) is 13.9. The third kappa shape index (κ3) is 391. The highest BCUT2D eigenvalue weighted by atomic mass is 16.4. The van der Waals surface area contributed by atoms with Crippen LogP contribution < -0.4 is 0 Å². The Morgan fingerprint density at radius 2 is 0.146 bits per heavy atom. The molecule has 0 bridgehead atoms. The lowest BCUT2D eigenvalue weighted by molar-refractivity contribution is -0.138. The molecule has 0 aliphatic rings. The van der Waals surface area contributed by atoms with Gasteiger partial charge in [-0.25, -0.2) is 0 Å². The molecule has 16 N–H and O–H groups in total. The molecule has 0 heterocycles. The fourth-order valence-electron chi connectivity index (χ4n) is 3.42. The second kappa shape index (κ2) is 124. The van der Waals surface area contributed by atoms with Crippen LogP contribution in [0.5, 0.6) is 0 Å². The van der Waals surface area contributed by atoms with Gasteiger partial charge in [-0.3, -0.25) is 76.7 Å². The number of carboxylic acids is 16. The van der Waals surface area contributed by atoms with Crippen LogP contribution in [0.15, 0.2) is 0 Å². The monoisotopic (exact) mass is 1410 g/mol. The van der Waals surface area contributed by atoms with Crippen LogP contribution in [0.4, 0.5) is 0 Å². The van der Waals surface area contributed by atoms with Crippen LogP contribution in [-0.4, -0.2) is 177 Å². The number of aliphatic carboxylic acids is 16. The Kier molecular flexibility index (Phi) is 165. The molecule has 0 radical (unpaired) electrons. The molecular weight excluding hydrogens is 1280 g/mol. The third-order valence-corrected chi connectivity index (χ3v) is 7.42. The molecule has 32 heteroatoms. The predicted molar refractivity (Wildman–Crippen MR) is 361 cm³/mol. The lowest BCUT2D eigenvalue weighted by Crippen LogP contribution is -1.90. The Hall–Kier alpha value is -8.48. The maximum absolute atomic E-state index is 9.60. The summed E-state index contributed by atoms with van der Waals surface area (Å²) in [6, 6.07) is 0. The molecule has 0 saturated heterocycles. The number of rotatable bonds is 32. The van der Waals surface area contributed by atoms with E-state index in [2.05, 4.69) is 0 Å². The van der Waals surface area contributed by atoms with Gasteiger partial charge in [-0.1, -0.05) is 111 Å². The van der Waals surface area contributed by atoms with E-state index >= 15 is 0 Å². The van der Waals surface area contributed by atoms with Crippen molar-refractivity contribution in [1.29, 1.82) is 0 Å². The topological polar surface area (TPSA) is 597 Å². The molecule has 0 aromatic rings. The molecule has 0 aromatic heterocycles. The zero-order valence-electron chi connectivity index (χ0n) is 60.3. The first-order valence-electron chi connectivity index (χ1n) is 31.8. The van der Waals surface area contributed by atoms with Crippen molar-refractivity contribution < 1.29 is 158 Å². The van der Waals surface area contributed by atoms with Crippen LogP contribution in [0.1, 0.15) is 316 Å². The molecule has 0 rings (SSSR count). The van der Waals surface area contributed by atoms with Crippen LogP contribution in [0, 0.1) is 0 Å². The van der Waals surface area contributed by atoms with Crippen LogP contribution in [0.25, 0.3) is 0 Å². The highest BCUT2D eigenvalue weighted by Gasteiger charge is 1.95. The molecule has 0 aliphatic carbocycles. The van der Waals surface area contributed by atoms with Gasteiger partial charge in [0.25, 0.3) is 0 Å². The summed E-state index contributed by atoms with van der Waals surface area (Å²) in [7, 11) is 0. The van der Waals surface area contributed by atoms with Gasteiger partial charge >= 0.3 is 95.5 Å². The van der Waals surface area contributed by atoms with Crippen LogP contribution in [0.3, 0.4) is 0 Å². The quantitative estimate of drug-likeness (QED) is 0.0297. The van der Waals surface area contributed by atoms with E-state index in [4.69, 9.17) is 81.7 Å². The molecule has 0 spiro atoms. The molecule has 0 aromatic carbocycles. The average molecular weight is 1410 g/mol. The molecule has 96 heavy (non-hydrogen) atoms. The van der Waals surface area contributed by atoms with Crippen molar-refractivity contribution >= 4 is 95.5 Å². The van der Waals surface area contributed by atoms with Crippen LogP contribution in [-0.2, 0) is 76.7 Å². The Labute approximate surface area is 568 Å². The van der Waals surface area contributed by atoms with Gasteiger partial charge in [-0.15, -0.1) is 0 Å². The van der Waals surface area contributed by atoms with Crippen molar-refractivity contribution in [2.45, 2.75) is 316 Å². The minimum absolute atomic E-state index is 0.292. The summed E-state index contributed by atoms with van der Waals surface area (Å²) >= 11 is 0. The fraction of sp³-hybridized carbons (Fsp3) is 0.750. The Bertz CT molecular complexity index is 1300. The summed E-state index contributed by atoms with van der Waals surface area (Å²) in [4.78, 5) is 154. The molecule has 0 aliphatic heterocycles. The lowest BCUT2D eigenvalue weighted by atomic mass is 10.4. The van der Waals surface area contributed by atoms with Gasteiger partial charge in [0.05, 0.1) is 0 Å². The van der Waals surface area contributed by atoms with Gasteiger partial charge in [-0.2, -0.15) is 0 Å². The van der Waals surface area contributed by atoms with Crippen molar-refractivity contribution in [3.8, 4) is 0 Å². The zero-order chi connectivity index (χ0) is 79.9.